The molecule has 4 nitrogen and oxygen atoms in total. The van der Waals surface area contributed by atoms with Crippen molar-refractivity contribution in [3.8, 4) is 23.2 Å². The monoisotopic (exact) mass is 307 g/mol. The number of rotatable bonds is 2. The van der Waals surface area contributed by atoms with Crippen LogP contribution in [0.5, 0.6) is 0 Å². The van der Waals surface area contributed by atoms with Gasteiger partial charge in [-0.15, -0.1) is 0 Å². The Kier molecular flexibility index (Phi) is 4.12. The van der Waals surface area contributed by atoms with Crippen molar-refractivity contribution in [2.24, 2.45) is 5.92 Å². The Morgan fingerprint density at radius 2 is 1.87 bits per heavy atom. The lowest BCUT2D eigenvalue weighted by molar-refractivity contribution is 0.345. The molecular formula is C19H21N3O. The fraction of sp³-hybridized carbons (Fsp3) is 0.474. The molecule has 1 aromatic heterocycles. The van der Waals surface area contributed by atoms with Crippen molar-refractivity contribution in [3.05, 3.63) is 35.7 Å². The van der Waals surface area contributed by atoms with Crippen molar-refractivity contribution in [2.45, 2.75) is 44.6 Å². The van der Waals surface area contributed by atoms with E-state index in [0.717, 1.165) is 30.5 Å². The normalized spacial score (nSPS) is 21.3. The predicted octanol–water partition coefficient (Wildman–Crippen LogP) is 3.70. The summed E-state index contributed by atoms with van der Waals surface area (Å²) in [5.74, 6) is 8.63. The zero-order chi connectivity index (χ0) is 15.5. The van der Waals surface area contributed by atoms with Gasteiger partial charge in [0.2, 0.25) is 11.7 Å². The summed E-state index contributed by atoms with van der Waals surface area (Å²) in [5.41, 5.74) is 2.03. The van der Waals surface area contributed by atoms with Crippen LogP contribution in [0, 0.1) is 17.8 Å². The van der Waals surface area contributed by atoms with Gasteiger partial charge in [-0.05, 0) is 56.5 Å². The van der Waals surface area contributed by atoms with Crippen LogP contribution in [0.2, 0.25) is 0 Å². The van der Waals surface area contributed by atoms with E-state index in [0.29, 0.717) is 17.6 Å². The van der Waals surface area contributed by atoms with Gasteiger partial charge in [0, 0.05) is 17.0 Å². The number of nitrogens with zero attached hydrogens (tertiary/aromatic N) is 2. The van der Waals surface area contributed by atoms with E-state index in [-0.39, 0.29) is 6.04 Å². The van der Waals surface area contributed by atoms with Gasteiger partial charge in [0.25, 0.3) is 0 Å². The Morgan fingerprint density at radius 3 is 2.61 bits per heavy atom. The molecule has 0 spiro atoms. The fourth-order valence-electron chi connectivity index (χ4n) is 3.35. The van der Waals surface area contributed by atoms with E-state index >= 15 is 0 Å². The van der Waals surface area contributed by atoms with E-state index < -0.39 is 0 Å². The second-order valence-corrected chi connectivity index (χ2v) is 6.43. The van der Waals surface area contributed by atoms with E-state index in [1.807, 2.05) is 24.3 Å². The molecule has 1 saturated heterocycles. The first-order valence-electron chi connectivity index (χ1n) is 8.57. The molecular weight excluding hydrogens is 286 g/mol. The van der Waals surface area contributed by atoms with Gasteiger partial charge in [0.1, 0.15) is 0 Å². The lowest BCUT2D eigenvalue weighted by Crippen LogP contribution is -2.12. The maximum absolute atomic E-state index is 5.40. The number of hydrogen-bond donors (Lipinski definition) is 1. The first-order chi connectivity index (χ1) is 11.4. The summed E-state index contributed by atoms with van der Waals surface area (Å²) >= 11 is 0. The third kappa shape index (κ3) is 3.30. The van der Waals surface area contributed by atoms with Gasteiger partial charge in [-0.2, -0.15) is 4.98 Å². The lowest BCUT2D eigenvalue weighted by Gasteiger charge is -2.01. The second kappa shape index (κ2) is 6.55. The van der Waals surface area contributed by atoms with Crippen LogP contribution >= 0.6 is 0 Å². The molecule has 2 fully saturated rings. The van der Waals surface area contributed by atoms with E-state index in [2.05, 4.69) is 27.3 Å². The summed E-state index contributed by atoms with van der Waals surface area (Å²) in [6.45, 7) is 1.02. The van der Waals surface area contributed by atoms with Gasteiger partial charge in [-0.3, -0.25) is 0 Å². The molecule has 0 bridgehead atoms. The van der Waals surface area contributed by atoms with E-state index in [4.69, 9.17) is 4.52 Å². The third-order valence-electron chi connectivity index (χ3n) is 4.72. The maximum Gasteiger partial charge on any atom is 0.244 e. The molecule has 2 aromatic rings. The zero-order valence-electron chi connectivity index (χ0n) is 13.2. The van der Waals surface area contributed by atoms with Gasteiger partial charge in [-0.1, -0.05) is 29.8 Å². The van der Waals surface area contributed by atoms with E-state index in [1.165, 1.54) is 25.7 Å². The molecule has 4 rings (SSSR count). The van der Waals surface area contributed by atoms with Gasteiger partial charge in [0.05, 0.1) is 6.04 Å². The number of benzene rings is 1. The van der Waals surface area contributed by atoms with Crippen LogP contribution in [0.25, 0.3) is 11.4 Å². The van der Waals surface area contributed by atoms with Gasteiger partial charge in [0.15, 0.2) is 0 Å². The molecule has 1 aliphatic heterocycles. The van der Waals surface area contributed by atoms with Crippen molar-refractivity contribution < 1.29 is 4.52 Å². The molecule has 118 valence electrons. The molecule has 1 N–H and O–H groups in total. The Bertz CT molecular complexity index is 711. The molecule has 23 heavy (non-hydrogen) atoms. The summed E-state index contributed by atoms with van der Waals surface area (Å²) in [6, 6.07) is 8.35. The summed E-state index contributed by atoms with van der Waals surface area (Å²) < 4.78 is 5.40. The summed E-state index contributed by atoms with van der Waals surface area (Å²) in [7, 11) is 0. The number of nitrogens with one attached hydrogen (secondary N) is 1. The van der Waals surface area contributed by atoms with E-state index in [9.17, 15) is 0 Å². The average Bonchev–Trinajstić information content (AvgIpc) is 3.35. The largest absolute Gasteiger partial charge is 0.337 e. The highest BCUT2D eigenvalue weighted by atomic mass is 16.5. The van der Waals surface area contributed by atoms with Crippen molar-refractivity contribution in [3.63, 3.8) is 0 Å². The minimum atomic E-state index is 0.216. The smallest absolute Gasteiger partial charge is 0.244 e. The molecule has 1 aromatic carbocycles. The third-order valence-corrected chi connectivity index (χ3v) is 4.72. The summed E-state index contributed by atoms with van der Waals surface area (Å²) in [5, 5.41) is 7.48. The topological polar surface area (TPSA) is 51.0 Å². The van der Waals surface area contributed by atoms with E-state index in [1.54, 1.807) is 0 Å². The van der Waals surface area contributed by atoms with Crippen molar-refractivity contribution in [1.29, 1.82) is 0 Å². The van der Waals surface area contributed by atoms with Crippen LogP contribution in [-0.4, -0.2) is 16.7 Å². The lowest BCUT2D eigenvalue weighted by atomic mass is 10.1. The molecule has 1 atom stereocenters. The van der Waals surface area contributed by atoms with Crippen molar-refractivity contribution >= 4 is 0 Å². The molecule has 0 amide bonds. The van der Waals surface area contributed by atoms with Gasteiger partial charge < -0.3 is 9.84 Å². The van der Waals surface area contributed by atoms with Crippen LogP contribution in [0.15, 0.2) is 28.8 Å². The molecule has 0 unspecified atom stereocenters. The van der Waals surface area contributed by atoms with Gasteiger partial charge in [-0.25, -0.2) is 0 Å². The molecule has 1 aliphatic carbocycles. The van der Waals surface area contributed by atoms with Crippen LogP contribution in [0.4, 0.5) is 0 Å². The van der Waals surface area contributed by atoms with Crippen molar-refractivity contribution in [1.82, 2.24) is 15.5 Å². The summed E-state index contributed by atoms with van der Waals surface area (Å²) in [6.07, 6.45) is 7.40. The minimum absolute atomic E-state index is 0.216. The molecule has 0 radical (unpaired) electrons. The van der Waals surface area contributed by atoms with Crippen LogP contribution in [-0.2, 0) is 0 Å². The van der Waals surface area contributed by atoms with Gasteiger partial charge >= 0.3 is 0 Å². The SMILES string of the molecule is C(#CC1CCCC1)c1ccc(-c2noc([C@@H]3CCCN3)n2)cc1. The Labute approximate surface area is 136 Å². The maximum atomic E-state index is 5.40. The highest BCUT2D eigenvalue weighted by molar-refractivity contribution is 5.56. The highest BCUT2D eigenvalue weighted by Gasteiger charge is 2.22. The number of aromatic nitrogens is 2. The predicted molar refractivity (Wildman–Crippen MR) is 88.5 cm³/mol. The Hall–Kier alpha value is -2.12. The quantitative estimate of drug-likeness (QED) is 0.860. The average molecular weight is 307 g/mol. The molecule has 4 heteroatoms. The Balaban J connectivity index is 1.47. The fourth-order valence-corrected chi connectivity index (χ4v) is 3.35. The Morgan fingerprint density at radius 1 is 1.04 bits per heavy atom. The number of hydrogen-bond acceptors (Lipinski definition) is 4. The van der Waals surface area contributed by atoms with Crippen LogP contribution in [0.1, 0.15) is 56.0 Å². The van der Waals surface area contributed by atoms with Crippen molar-refractivity contribution in [2.75, 3.05) is 6.54 Å². The van der Waals surface area contributed by atoms with Crippen LogP contribution in [0.3, 0.4) is 0 Å². The summed E-state index contributed by atoms with van der Waals surface area (Å²) in [4.78, 5) is 4.52. The minimum Gasteiger partial charge on any atom is -0.337 e. The second-order valence-electron chi connectivity index (χ2n) is 6.43. The van der Waals surface area contributed by atoms with Crippen LogP contribution < -0.4 is 5.32 Å². The zero-order valence-corrected chi connectivity index (χ0v) is 13.2. The first-order valence-corrected chi connectivity index (χ1v) is 8.57. The first kappa shape index (κ1) is 14.5. The molecule has 2 aliphatic rings. The standard InChI is InChI=1S/C19H21N3O/c1-2-5-14(4-1)7-8-15-9-11-16(12-10-15)18-21-19(23-22-18)17-6-3-13-20-17/h9-12,14,17,20H,1-6,13H2/t17-/m0/s1. The molecule has 1 saturated carbocycles. The molecule has 2 heterocycles. The highest BCUT2D eigenvalue weighted by Crippen LogP contribution is 2.25.